The van der Waals surface area contributed by atoms with Gasteiger partial charge in [0.15, 0.2) is 0 Å². The van der Waals surface area contributed by atoms with E-state index in [2.05, 4.69) is 62.1 Å². The van der Waals surface area contributed by atoms with E-state index in [9.17, 15) is 26.3 Å². The van der Waals surface area contributed by atoms with E-state index in [0.717, 1.165) is 50.9 Å². The van der Waals surface area contributed by atoms with E-state index in [4.69, 9.17) is 4.74 Å². The molecule has 3 aliphatic rings. The molecule has 1 spiro atoms. The molecule has 2 aromatic carbocycles. The number of halogens is 6. The minimum atomic E-state index is -4.87. The first-order valence-corrected chi connectivity index (χ1v) is 14.1. The Morgan fingerprint density at radius 3 is 2.27 bits per heavy atom. The number of nitrogens with zero attached hydrogens (tertiary/aromatic N) is 1. The summed E-state index contributed by atoms with van der Waals surface area (Å²) in [5.74, 6) is 0.720. The molecule has 1 saturated carbocycles. The summed E-state index contributed by atoms with van der Waals surface area (Å²) in [5, 5.41) is 0. The summed E-state index contributed by atoms with van der Waals surface area (Å²) in [5.41, 5.74) is -0.101. The summed E-state index contributed by atoms with van der Waals surface area (Å²) in [6.45, 7) is 8.59. The van der Waals surface area contributed by atoms with Gasteiger partial charge in [0, 0.05) is 18.0 Å². The zero-order valence-corrected chi connectivity index (χ0v) is 23.2. The molecule has 2 nitrogen and oxygen atoms in total. The van der Waals surface area contributed by atoms with Gasteiger partial charge in [-0.05, 0) is 84.4 Å². The van der Waals surface area contributed by atoms with Crippen LogP contribution in [0.5, 0.6) is 0 Å². The van der Waals surface area contributed by atoms with Gasteiger partial charge >= 0.3 is 12.4 Å². The molecule has 5 rings (SSSR count). The highest BCUT2D eigenvalue weighted by Crippen LogP contribution is 2.51. The van der Waals surface area contributed by atoms with Crippen LogP contribution in [0.2, 0.25) is 0 Å². The van der Waals surface area contributed by atoms with Gasteiger partial charge < -0.3 is 9.64 Å². The average molecular weight is 566 g/mol. The van der Waals surface area contributed by atoms with E-state index in [1.807, 2.05) is 0 Å². The number of fused-ring (bicyclic) bond motifs is 2. The van der Waals surface area contributed by atoms with Gasteiger partial charge in [0.2, 0.25) is 0 Å². The molecule has 4 atom stereocenters. The Bertz CT molecular complexity index is 1220. The Morgan fingerprint density at radius 1 is 0.975 bits per heavy atom. The van der Waals surface area contributed by atoms with Crippen molar-refractivity contribution in [2.24, 2.45) is 17.3 Å². The van der Waals surface area contributed by atoms with E-state index in [1.165, 1.54) is 11.1 Å². The monoisotopic (exact) mass is 565 g/mol. The second kappa shape index (κ2) is 10.5. The number of ether oxygens (including phenoxy) is 1. The molecule has 40 heavy (non-hydrogen) atoms. The van der Waals surface area contributed by atoms with Crippen LogP contribution in [-0.4, -0.2) is 30.6 Å². The van der Waals surface area contributed by atoms with Crippen LogP contribution in [0.25, 0.3) is 6.08 Å². The van der Waals surface area contributed by atoms with Gasteiger partial charge in [-0.15, -0.1) is 0 Å². The van der Waals surface area contributed by atoms with Crippen LogP contribution < -0.4 is 0 Å². The number of piperidine rings is 1. The van der Waals surface area contributed by atoms with Crippen LogP contribution in [0.15, 0.2) is 48.5 Å². The Hall–Kier alpha value is -2.32. The predicted octanol–water partition coefficient (Wildman–Crippen LogP) is 8.74. The second-order valence-electron chi connectivity index (χ2n) is 12.4. The summed E-state index contributed by atoms with van der Waals surface area (Å²) in [7, 11) is 0. The number of benzene rings is 2. The van der Waals surface area contributed by atoms with Crippen LogP contribution in [0.1, 0.15) is 74.3 Å². The van der Waals surface area contributed by atoms with Crippen LogP contribution in [0.3, 0.4) is 0 Å². The molecular formula is C32H37F6NO. The van der Waals surface area contributed by atoms with Crippen LogP contribution >= 0.6 is 0 Å². The van der Waals surface area contributed by atoms with Crippen LogP contribution in [0, 0.1) is 17.3 Å². The van der Waals surface area contributed by atoms with Gasteiger partial charge in [-0.3, -0.25) is 0 Å². The Morgan fingerprint density at radius 2 is 1.65 bits per heavy atom. The lowest BCUT2D eigenvalue weighted by Crippen LogP contribution is -2.50. The fourth-order valence-corrected chi connectivity index (χ4v) is 7.29. The normalized spacial score (nSPS) is 29.1. The SMILES string of the molecule is CC(C)C1(COCc2cc(C(F)(F)F)cc(C(F)(F)F)c2)CCC(N2CC[C@@]3(C=Cc4ccccc43)[C@@H](C)C2)C1. The molecule has 0 aromatic heterocycles. The molecule has 0 radical (unpaired) electrons. The minimum Gasteiger partial charge on any atom is -0.376 e. The summed E-state index contributed by atoms with van der Waals surface area (Å²) >= 11 is 0. The fraction of sp³-hybridized carbons (Fsp3) is 0.562. The molecule has 0 amide bonds. The molecule has 8 heteroatoms. The highest BCUT2D eigenvalue weighted by molar-refractivity contribution is 5.65. The standard InChI is InChI=1S/C32H37F6NO/c1-21(2)29(20-40-19-23-14-25(31(33,34)35)16-26(15-23)32(36,37)38)10-9-27(17-29)39-13-12-30(22(3)18-39)11-8-24-6-4-5-7-28(24)30/h4-8,11,14-16,21-22,27H,9-10,12-13,17-20H2,1-3H3/t22-,27?,29?,30-/m0/s1. The van der Waals surface area contributed by atoms with E-state index in [1.54, 1.807) is 0 Å². The second-order valence-corrected chi connectivity index (χ2v) is 12.4. The smallest absolute Gasteiger partial charge is 0.376 e. The largest absolute Gasteiger partial charge is 0.416 e. The maximum atomic E-state index is 13.3. The van der Waals surface area contributed by atoms with Crippen molar-refractivity contribution in [3.05, 3.63) is 76.4 Å². The molecule has 0 bridgehead atoms. The van der Waals surface area contributed by atoms with Gasteiger partial charge in [-0.2, -0.15) is 26.3 Å². The highest BCUT2D eigenvalue weighted by Gasteiger charge is 2.48. The number of hydrogen-bond donors (Lipinski definition) is 0. The summed E-state index contributed by atoms with van der Waals surface area (Å²) in [6.07, 6.45) is -1.20. The maximum Gasteiger partial charge on any atom is 0.416 e. The maximum absolute atomic E-state index is 13.3. The topological polar surface area (TPSA) is 12.5 Å². The third-order valence-corrected chi connectivity index (χ3v) is 9.89. The van der Waals surface area contributed by atoms with Crippen molar-refractivity contribution in [3.63, 3.8) is 0 Å². The molecule has 2 aromatic rings. The number of rotatable bonds is 6. The summed E-state index contributed by atoms with van der Waals surface area (Å²) in [6, 6.07) is 10.7. The molecule has 2 unspecified atom stereocenters. The molecule has 1 heterocycles. The molecule has 2 fully saturated rings. The summed E-state index contributed by atoms with van der Waals surface area (Å²) in [4.78, 5) is 2.59. The van der Waals surface area contributed by atoms with Crippen molar-refractivity contribution in [1.29, 1.82) is 0 Å². The number of allylic oxidation sites excluding steroid dienone is 1. The molecule has 218 valence electrons. The lowest BCUT2D eigenvalue weighted by molar-refractivity contribution is -0.143. The van der Waals surface area contributed by atoms with Crippen molar-refractivity contribution in [3.8, 4) is 0 Å². The quantitative estimate of drug-likeness (QED) is 0.325. The van der Waals surface area contributed by atoms with Crippen molar-refractivity contribution >= 4 is 6.08 Å². The first-order valence-electron chi connectivity index (χ1n) is 14.1. The highest BCUT2D eigenvalue weighted by atomic mass is 19.4. The molecule has 0 N–H and O–H groups in total. The number of likely N-dealkylation sites (tertiary alicyclic amines) is 1. The summed E-state index contributed by atoms with van der Waals surface area (Å²) < 4.78 is 85.5. The van der Waals surface area contributed by atoms with Gasteiger partial charge in [-0.25, -0.2) is 0 Å². The number of alkyl halides is 6. The number of hydrogen-bond acceptors (Lipinski definition) is 2. The van der Waals surface area contributed by atoms with Crippen molar-refractivity contribution in [1.82, 2.24) is 4.90 Å². The third kappa shape index (κ3) is 5.46. The van der Waals surface area contributed by atoms with Crippen molar-refractivity contribution in [2.45, 2.75) is 76.9 Å². The zero-order valence-electron chi connectivity index (χ0n) is 23.2. The Kier molecular flexibility index (Phi) is 7.66. The van der Waals surface area contributed by atoms with Gasteiger partial charge in [0.05, 0.1) is 24.3 Å². The molecule has 1 saturated heterocycles. The first kappa shape index (κ1) is 29.2. The predicted molar refractivity (Wildman–Crippen MR) is 144 cm³/mol. The van der Waals surface area contributed by atoms with Gasteiger partial charge in [0.25, 0.3) is 0 Å². The first-order chi connectivity index (χ1) is 18.7. The van der Waals surface area contributed by atoms with Gasteiger partial charge in [-0.1, -0.05) is 57.2 Å². The molecule has 2 aliphatic carbocycles. The minimum absolute atomic E-state index is 0.0736. The Balaban J connectivity index is 1.24. The lowest BCUT2D eigenvalue weighted by Gasteiger charge is -2.47. The average Bonchev–Trinajstić information content (AvgIpc) is 3.49. The van der Waals surface area contributed by atoms with E-state index >= 15 is 0 Å². The zero-order chi connectivity index (χ0) is 28.9. The molecular weight excluding hydrogens is 528 g/mol. The third-order valence-electron chi connectivity index (χ3n) is 9.89. The van der Waals surface area contributed by atoms with Crippen molar-refractivity contribution < 1.29 is 31.1 Å². The van der Waals surface area contributed by atoms with Gasteiger partial charge in [0.1, 0.15) is 0 Å². The Labute approximate surface area is 232 Å². The van der Waals surface area contributed by atoms with E-state index in [-0.39, 0.29) is 35.0 Å². The lowest BCUT2D eigenvalue weighted by atomic mass is 9.67. The van der Waals surface area contributed by atoms with Crippen LogP contribution in [0.4, 0.5) is 26.3 Å². The fourth-order valence-electron chi connectivity index (χ4n) is 7.29. The van der Waals surface area contributed by atoms with Crippen LogP contribution in [-0.2, 0) is 29.1 Å². The van der Waals surface area contributed by atoms with E-state index < -0.39 is 23.5 Å². The molecule has 1 aliphatic heterocycles. The van der Waals surface area contributed by atoms with Crippen molar-refractivity contribution in [2.75, 3.05) is 19.7 Å². The van der Waals surface area contributed by atoms with E-state index in [0.29, 0.717) is 18.6 Å².